The van der Waals surface area contributed by atoms with E-state index in [4.69, 9.17) is 5.53 Å². The first-order valence-electron chi connectivity index (χ1n) is 4.02. The quantitative estimate of drug-likeness (QED) is 0.339. The summed E-state index contributed by atoms with van der Waals surface area (Å²) >= 11 is 2.84. The van der Waals surface area contributed by atoms with Crippen LogP contribution in [0.4, 0.5) is 5.69 Å². The summed E-state index contributed by atoms with van der Waals surface area (Å²) in [6.45, 7) is 0. The van der Waals surface area contributed by atoms with E-state index in [1.54, 1.807) is 6.07 Å². The normalized spacial score (nSPS) is 9.60. The number of carbonyl (C=O) groups excluding carboxylic acids is 1. The van der Waals surface area contributed by atoms with Crippen molar-refractivity contribution in [1.29, 1.82) is 0 Å². The van der Waals surface area contributed by atoms with E-state index in [0.29, 0.717) is 10.6 Å². The maximum atomic E-state index is 10.8. The van der Waals surface area contributed by atoms with Crippen LogP contribution in [0.3, 0.4) is 0 Å². The maximum absolute atomic E-state index is 10.8. The van der Waals surface area contributed by atoms with Gasteiger partial charge >= 0.3 is 0 Å². The maximum Gasteiger partial charge on any atom is 0.160 e. The van der Waals surface area contributed by atoms with Crippen LogP contribution < -0.4 is 0 Å². The standard InChI is InChI=1S/C9H5N3OS2/c10-12-11-7-2-4-15-9(7)6-1-3-14-8(6)5-13/h1-5H. The number of carbonyl (C=O) groups is 1. The molecule has 2 heterocycles. The van der Waals surface area contributed by atoms with Gasteiger partial charge in [0.2, 0.25) is 0 Å². The highest BCUT2D eigenvalue weighted by atomic mass is 32.1. The van der Waals surface area contributed by atoms with Gasteiger partial charge in [0.15, 0.2) is 6.29 Å². The van der Waals surface area contributed by atoms with Crippen LogP contribution >= 0.6 is 22.7 Å². The number of nitrogens with zero attached hydrogens (tertiary/aromatic N) is 3. The smallest absolute Gasteiger partial charge is 0.160 e. The Morgan fingerprint density at radius 2 is 2.13 bits per heavy atom. The Morgan fingerprint density at radius 3 is 2.87 bits per heavy atom. The summed E-state index contributed by atoms with van der Waals surface area (Å²) in [4.78, 5) is 15.0. The second kappa shape index (κ2) is 4.27. The van der Waals surface area contributed by atoms with Gasteiger partial charge in [-0.2, -0.15) is 0 Å². The number of hydrogen-bond donors (Lipinski definition) is 0. The van der Waals surface area contributed by atoms with Gasteiger partial charge < -0.3 is 0 Å². The predicted octanol–water partition coefficient (Wildman–Crippen LogP) is 4.23. The van der Waals surface area contributed by atoms with Crippen LogP contribution in [-0.2, 0) is 0 Å². The van der Waals surface area contributed by atoms with Gasteiger partial charge in [0, 0.05) is 15.4 Å². The van der Waals surface area contributed by atoms with Gasteiger partial charge in [-0.3, -0.25) is 4.79 Å². The molecule has 0 spiro atoms. The van der Waals surface area contributed by atoms with Crippen LogP contribution in [0, 0.1) is 0 Å². The van der Waals surface area contributed by atoms with Gasteiger partial charge in [0.25, 0.3) is 0 Å². The van der Waals surface area contributed by atoms with Gasteiger partial charge in [-0.05, 0) is 28.4 Å². The monoisotopic (exact) mass is 235 g/mol. The predicted molar refractivity (Wildman–Crippen MR) is 61.8 cm³/mol. The Hall–Kier alpha value is -1.62. The van der Waals surface area contributed by atoms with E-state index < -0.39 is 0 Å². The highest BCUT2D eigenvalue weighted by Gasteiger charge is 2.10. The third kappa shape index (κ3) is 1.78. The minimum atomic E-state index is 0.573. The second-order valence-electron chi connectivity index (χ2n) is 2.64. The fourth-order valence-electron chi connectivity index (χ4n) is 1.23. The molecule has 74 valence electrons. The number of azide groups is 1. The molecule has 2 aromatic heterocycles. The lowest BCUT2D eigenvalue weighted by Crippen LogP contribution is -1.75. The lowest BCUT2D eigenvalue weighted by atomic mass is 10.2. The lowest BCUT2D eigenvalue weighted by Gasteiger charge is -1.95. The minimum Gasteiger partial charge on any atom is -0.297 e. The molecule has 0 N–H and O–H groups in total. The molecule has 0 fully saturated rings. The van der Waals surface area contributed by atoms with E-state index in [1.807, 2.05) is 16.8 Å². The Balaban J connectivity index is 2.58. The summed E-state index contributed by atoms with van der Waals surface area (Å²) in [5, 5.41) is 7.26. The van der Waals surface area contributed by atoms with E-state index in [1.165, 1.54) is 22.7 Å². The molecule has 0 aromatic carbocycles. The van der Waals surface area contributed by atoms with Crippen LogP contribution in [0.25, 0.3) is 20.9 Å². The van der Waals surface area contributed by atoms with Crippen molar-refractivity contribution in [3.8, 4) is 10.4 Å². The first-order valence-corrected chi connectivity index (χ1v) is 5.78. The third-order valence-electron chi connectivity index (χ3n) is 1.84. The van der Waals surface area contributed by atoms with E-state index in [9.17, 15) is 4.79 Å². The molecule has 0 aliphatic carbocycles. The third-order valence-corrected chi connectivity index (χ3v) is 3.62. The van der Waals surface area contributed by atoms with Crippen molar-refractivity contribution < 1.29 is 4.79 Å². The number of aldehydes is 1. The highest BCUT2D eigenvalue weighted by Crippen LogP contribution is 2.38. The molecule has 0 aliphatic heterocycles. The van der Waals surface area contributed by atoms with Crippen molar-refractivity contribution in [3.63, 3.8) is 0 Å². The summed E-state index contributed by atoms with van der Waals surface area (Å²) in [6.07, 6.45) is 0.819. The summed E-state index contributed by atoms with van der Waals surface area (Å²) in [7, 11) is 0. The Bertz CT molecular complexity index is 537. The molecule has 0 radical (unpaired) electrons. The van der Waals surface area contributed by atoms with Crippen LogP contribution in [-0.4, -0.2) is 6.29 Å². The summed E-state index contributed by atoms with van der Waals surface area (Å²) < 4.78 is 0. The second-order valence-corrected chi connectivity index (χ2v) is 4.50. The molecule has 0 atom stereocenters. The molecule has 2 aromatic rings. The number of thiophene rings is 2. The molecule has 0 bridgehead atoms. The van der Waals surface area contributed by atoms with Crippen LogP contribution in [0.1, 0.15) is 9.67 Å². The van der Waals surface area contributed by atoms with Crippen molar-refractivity contribution >= 4 is 34.6 Å². The fourth-order valence-corrected chi connectivity index (χ4v) is 2.87. The van der Waals surface area contributed by atoms with E-state index >= 15 is 0 Å². The van der Waals surface area contributed by atoms with Crippen molar-refractivity contribution in [1.82, 2.24) is 0 Å². The minimum absolute atomic E-state index is 0.573. The summed E-state index contributed by atoms with van der Waals surface area (Å²) in [6, 6.07) is 3.60. The zero-order valence-corrected chi connectivity index (χ0v) is 9.09. The van der Waals surface area contributed by atoms with Crippen molar-refractivity contribution in [2.75, 3.05) is 0 Å². The molecule has 6 heteroatoms. The molecule has 0 amide bonds. The summed E-state index contributed by atoms with van der Waals surface area (Å²) in [5.41, 5.74) is 9.80. The van der Waals surface area contributed by atoms with Crippen molar-refractivity contribution in [2.24, 2.45) is 5.11 Å². The molecule has 4 nitrogen and oxygen atoms in total. The largest absolute Gasteiger partial charge is 0.297 e. The fraction of sp³-hybridized carbons (Fsp3) is 0. The van der Waals surface area contributed by atoms with Crippen molar-refractivity contribution in [3.05, 3.63) is 38.2 Å². The van der Waals surface area contributed by atoms with E-state index in [2.05, 4.69) is 10.0 Å². The van der Waals surface area contributed by atoms with Gasteiger partial charge in [0.05, 0.1) is 10.6 Å². The van der Waals surface area contributed by atoms with Gasteiger partial charge in [0.1, 0.15) is 0 Å². The first kappa shape index (κ1) is 9.92. The molecule has 15 heavy (non-hydrogen) atoms. The molecule has 0 unspecified atom stereocenters. The molecule has 2 rings (SSSR count). The zero-order chi connectivity index (χ0) is 10.7. The average molecular weight is 235 g/mol. The van der Waals surface area contributed by atoms with Gasteiger partial charge in [-0.25, -0.2) is 0 Å². The average Bonchev–Trinajstić information content (AvgIpc) is 2.84. The lowest BCUT2D eigenvalue weighted by molar-refractivity contribution is 0.112. The Labute approximate surface area is 93.4 Å². The number of hydrogen-bond acceptors (Lipinski definition) is 4. The van der Waals surface area contributed by atoms with Gasteiger partial charge in [-0.1, -0.05) is 5.11 Å². The van der Waals surface area contributed by atoms with E-state index in [-0.39, 0.29) is 0 Å². The molecular weight excluding hydrogens is 230 g/mol. The SMILES string of the molecule is [N-]=[N+]=Nc1ccsc1-c1ccsc1C=O. The molecule has 0 aliphatic rings. The van der Waals surface area contributed by atoms with E-state index in [0.717, 1.165) is 16.7 Å². The van der Waals surface area contributed by atoms with Crippen LogP contribution in [0.15, 0.2) is 28.0 Å². The Kier molecular flexibility index (Phi) is 2.82. The zero-order valence-electron chi connectivity index (χ0n) is 7.45. The first-order chi connectivity index (χ1) is 7.36. The summed E-state index contributed by atoms with van der Waals surface area (Å²) in [5.74, 6) is 0. The topological polar surface area (TPSA) is 65.8 Å². The highest BCUT2D eigenvalue weighted by molar-refractivity contribution is 7.16. The Morgan fingerprint density at radius 1 is 1.33 bits per heavy atom. The molecule has 0 saturated carbocycles. The number of rotatable bonds is 3. The van der Waals surface area contributed by atoms with Crippen LogP contribution in [0.2, 0.25) is 0 Å². The van der Waals surface area contributed by atoms with Crippen molar-refractivity contribution in [2.45, 2.75) is 0 Å². The van der Waals surface area contributed by atoms with Crippen LogP contribution in [0.5, 0.6) is 0 Å². The molecular formula is C9H5N3OS2. The molecule has 0 saturated heterocycles. The van der Waals surface area contributed by atoms with Gasteiger partial charge in [-0.15, -0.1) is 22.7 Å².